The molecule has 184 valence electrons. The lowest BCUT2D eigenvalue weighted by molar-refractivity contribution is -0.139. The molecule has 1 heterocycles. The van der Waals surface area contributed by atoms with Crippen LogP contribution in [0, 0.1) is 6.92 Å². The molecule has 0 bridgehead atoms. The maximum Gasteiger partial charge on any atom is 0.244 e. The van der Waals surface area contributed by atoms with Crippen LogP contribution in [0.3, 0.4) is 0 Å². The first-order chi connectivity index (χ1) is 16.2. The van der Waals surface area contributed by atoms with Gasteiger partial charge in [-0.05, 0) is 45.4 Å². The number of amides is 2. The number of ether oxygens (including phenoxy) is 2. The molecule has 0 saturated carbocycles. The van der Waals surface area contributed by atoms with Crippen molar-refractivity contribution in [1.29, 1.82) is 0 Å². The summed E-state index contributed by atoms with van der Waals surface area (Å²) >= 11 is 0. The number of nitrogens with one attached hydrogen (secondary N) is 1. The average molecular weight is 490 g/mol. The summed E-state index contributed by atoms with van der Waals surface area (Å²) in [6, 6.07) is 11.6. The van der Waals surface area contributed by atoms with Gasteiger partial charge in [0.05, 0.1) is 11.4 Å². The molecule has 0 radical (unpaired) electrons. The first kappa shape index (κ1) is 25.4. The van der Waals surface area contributed by atoms with Gasteiger partial charge in [0, 0.05) is 19.2 Å². The van der Waals surface area contributed by atoms with Gasteiger partial charge in [0.1, 0.15) is 12.6 Å². The molecule has 1 unspecified atom stereocenters. The minimum absolute atomic E-state index is 0.0482. The number of carbonyl (C=O) groups is 2. The van der Waals surface area contributed by atoms with E-state index in [1.54, 1.807) is 32.0 Å². The van der Waals surface area contributed by atoms with Gasteiger partial charge >= 0.3 is 0 Å². The smallest absolute Gasteiger partial charge is 0.244 e. The Morgan fingerprint density at radius 1 is 1.09 bits per heavy atom. The van der Waals surface area contributed by atoms with Crippen LogP contribution in [0.15, 0.2) is 42.5 Å². The molecule has 3 rings (SSSR count). The molecule has 0 fully saturated rings. The quantitative estimate of drug-likeness (QED) is 0.550. The number of benzene rings is 2. The number of hydrogen-bond donors (Lipinski definition) is 1. The summed E-state index contributed by atoms with van der Waals surface area (Å²) in [5, 5.41) is 2.74. The second-order valence-electron chi connectivity index (χ2n) is 8.03. The van der Waals surface area contributed by atoms with Crippen LogP contribution >= 0.6 is 0 Å². The van der Waals surface area contributed by atoms with Crippen LogP contribution < -0.4 is 19.1 Å². The van der Waals surface area contributed by atoms with Crippen LogP contribution in [-0.4, -0.2) is 56.8 Å². The number of sulfonamides is 1. The lowest BCUT2D eigenvalue weighted by Gasteiger charge is -2.32. The van der Waals surface area contributed by atoms with E-state index < -0.39 is 28.5 Å². The third kappa shape index (κ3) is 5.80. The van der Waals surface area contributed by atoms with Crippen LogP contribution in [-0.2, 0) is 26.2 Å². The second-order valence-corrected chi connectivity index (χ2v) is 10.2. The summed E-state index contributed by atoms with van der Waals surface area (Å²) in [6.07, 6.45) is 0. The van der Waals surface area contributed by atoms with Gasteiger partial charge < -0.3 is 19.7 Å². The third-order valence-corrected chi connectivity index (χ3v) is 7.32. The molecule has 1 aliphatic rings. The lowest BCUT2D eigenvalue weighted by atomic mass is 10.1. The Balaban J connectivity index is 1.94. The van der Waals surface area contributed by atoms with E-state index in [1.165, 1.54) is 11.8 Å². The van der Waals surface area contributed by atoms with Gasteiger partial charge in [0.2, 0.25) is 28.6 Å². The Hall–Kier alpha value is -3.27. The summed E-state index contributed by atoms with van der Waals surface area (Å²) < 4.78 is 37.7. The van der Waals surface area contributed by atoms with Crippen molar-refractivity contribution in [1.82, 2.24) is 10.2 Å². The van der Waals surface area contributed by atoms with E-state index in [4.69, 9.17) is 9.47 Å². The highest BCUT2D eigenvalue weighted by atomic mass is 32.2. The SMILES string of the molecule is CCNC(=O)C(C)N(Cc1cccc(C)c1)C(=O)CN(c1ccc2c(c1)OCO2)S(=O)(=O)CC. The number of likely N-dealkylation sites (N-methyl/N-ethyl adjacent to an activating group) is 1. The minimum Gasteiger partial charge on any atom is -0.454 e. The number of anilines is 1. The lowest BCUT2D eigenvalue weighted by Crippen LogP contribution is -2.51. The van der Waals surface area contributed by atoms with Crippen LogP contribution in [0.4, 0.5) is 5.69 Å². The highest BCUT2D eigenvalue weighted by molar-refractivity contribution is 7.92. The van der Waals surface area contributed by atoms with E-state index in [0.29, 0.717) is 23.7 Å². The van der Waals surface area contributed by atoms with E-state index in [9.17, 15) is 18.0 Å². The first-order valence-electron chi connectivity index (χ1n) is 11.2. The number of hydrogen-bond acceptors (Lipinski definition) is 6. The van der Waals surface area contributed by atoms with Gasteiger partial charge in [-0.1, -0.05) is 29.8 Å². The predicted molar refractivity (Wildman–Crippen MR) is 129 cm³/mol. The van der Waals surface area contributed by atoms with E-state index in [0.717, 1.165) is 15.4 Å². The Kier molecular flexibility index (Phi) is 8.03. The molecule has 0 aliphatic carbocycles. The van der Waals surface area contributed by atoms with E-state index >= 15 is 0 Å². The third-order valence-electron chi connectivity index (χ3n) is 5.58. The van der Waals surface area contributed by atoms with Gasteiger partial charge in [-0.25, -0.2) is 8.42 Å². The molecule has 34 heavy (non-hydrogen) atoms. The molecule has 0 aromatic heterocycles. The fraction of sp³-hybridized carbons (Fsp3) is 0.417. The summed E-state index contributed by atoms with van der Waals surface area (Å²) in [4.78, 5) is 27.6. The molecule has 0 saturated heterocycles. The van der Waals surface area contributed by atoms with E-state index in [-0.39, 0.29) is 25.0 Å². The highest BCUT2D eigenvalue weighted by Gasteiger charge is 2.31. The molecule has 0 spiro atoms. The Morgan fingerprint density at radius 2 is 1.82 bits per heavy atom. The summed E-state index contributed by atoms with van der Waals surface area (Å²) in [6.45, 7) is 7.07. The van der Waals surface area contributed by atoms with Crippen LogP contribution in [0.2, 0.25) is 0 Å². The average Bonchev–Trinajstić information content (AvgIpc) is 3.28. The van der Waals surface area contributed by atoms with Crippen molar-refractivity contribution < 1.29 is 27.5 Å². The Bertz CT molecular complexity index is 1150. The number of rotatable bonds is 10. The van der Waals surface area contributed by atoms with Gasteiger partial charge in [0.15, 0.2) is 11.5 Å². The number of fused-ring (bicyclic) bond motifs is 1. The summed E-state index contributed by atoms with van der Waals surface area (Å²) in [7, 11) is -3.81. The largest absolute Gasteiger partial charge is 0.454 e. The molecule has 10 heteroatoms. The zero-order chi connectivity index (χ0) is 24.9. The molecule has 1 aliphatic heterocycles. The number of carbonyl (C=O) groups excluding carboxylic acids is 2. The molecule has 2 aromatic carbocycles. The molecular weight excluding hydrogens is 458 g/mol. The van der Waals surface area contributed by atoms with Crippen molar-refractivity contribution >= 4 is 27.5 Å². The van der Waals surface area contributed by atoms with Crippen molar-refractivity contribution in [3.63, 3.8) is 0 Å². The van der Waals surface area contributed by atoms with Gasteiger partial charge in [-0.15, -0.1) is 0 Å². The van der Waals surface area contributed by atoms with Crippen molar-refractivity contribution in [2.45, 2.75) is 40.3 Å². The summed E-state index contributed by atoms with van der Waals surface area (Å²) in [5.41, 5.74) is 2.16. The monoisotopic (exact) mass is 489 g/mol. The first-order valence-corrected chi connectivity index (χ1v) is 12.8. The minimum atomic E-state index is -3.81. The van der Waals surface area contributed by atoms with Crippen molar-refractivity contribution in [2.24, 2.45) is 0 Å². The fourth-order valence-electron chi connectivity index (χ4n) is 3.67. The van der Waals surface area contributed by atoms with Crippen LogP contribution in [0.5, 0.6) is 11.5 Å². The molecule has 9 nitrogen and oxygen atoms in total. The molecule has 2 amide bonds. The topological polar surface area (TPSA) is 105 Å². The summed E-state index contributed by atoms with van der Waals surface area (Å²) in [5.74, 6) is -0.0757. The Morgan fingerprint density at radius 3 is 2.50 bits per heavy atom. The number of aryl methyl sites for hydroxylation is 1. The predicted octanol–water partition coefficient (Wildman–Crippen LogP) is 2.43. The Labute approximate surface area is 200 Å². The molecule has 1 N–H and O–H groups in total. The van der Waals surface area contributed by atoms with Crippen LogP contribution in [0.25, 0.3) is 0 Å². The van der Waals surface area contributed by atoms with Crippen molar-refractivity contribution in [3.8, 4) is 11.5 Å². The fourth-order valence-corrected chi connectivity index (χ4v) is 4.73. The molecule has 1 atom stereocenters. The van der Waals surface area contributed by atoms with Gasteiger partial charge in [-0.3, -0.25) is 13.9 Å². The standard InChI is InChI=1S/C24H31N3O6S/c1-5-25-24(29)18(4)26(14-19-9-7-8-17(3)12-19)23(28)15-27(34(30,31)6-2)20-10-11-21-22(13-20)33-16-32-21/h7-13,18H,5-6,14-16H2,1-4H3,(H,25,29). The van der Waals surface area contributed by atoms with Crippen molar-refractivity contribution in [2.75, 3.05) is 29.9 Å². The second kappa shape index (κ2) is 10.8. The van der Waals surface area contributed by atoms with Crippen molar-refractivity contribution in [3.05, 3.63) is 53.6 Å². The normalized spacial score (nSPS) is 13.3. The maximum absolute atomic E-state index is 13.5. The van der Waals surface area contributed by atoms with E-state index in [2.05, 4.69) is 5.32 Å². The van der Waals surface area contributed by atoms with Crippen LogP contribution in [0.1, 0.15) is 31.9 Å². The molecular formula is C24H31N3O6S. The number of nitrogens with zero attached hydrogens (tertiary/aromatic N) is 2. The van der Waals surface area contributed by atoms with E-state index in [1.807, 2.05) is 31.2 Å². The maximum atomic E-state index is 13.5. The zero-order valence-corrected chi connectivity index (χ0v) is 20.7. The molecule has 2 aromatic rings. The van der Waals surface area contributed by atoms with Gasteiger partial charge in [0.25, 0.3) is 0 Å². The highest BCUT2D eigenvalue weighted by Crippen LogP contribution is 2.36. The van der Waals surface area contributed by atoms with Gasteiger partial charge in [-0.2, -0.15) is 0 Å². The zero-order valence-electron chi connectivity index (χ0n) is 19.9.